The number of benzene rings is 1. The van der Waals surface area contributed by atoms with Crippen LogP contribution in [0.2, 0.25) is 0 Å². The highest BCUT2D eigenvalue weighted by atomic mass is 19.1. The molecule has 0 spiro atoms. The Bertz CT molecular complexity index is 363. The lowest BCUT2D eigenvalue weighted by atomic mass is 10.2. The van der Waals surface area contributed by atoms with E-state index in [9.17, 15) is 9.18 Å². The maximum Gasteiger partial charge on any atom is 0.193 e. The van der Waals surface area contributed by atoms with E-state index >= 15 is 0 Å². The van der Waals surface area contributed by atoms with E-state index < -0.39 is 5.82 Å². The van der Waals surface area contributed by atoms with Crippen LogP contribution in [0.5, 0.6) is 0 Å². The summed E-state index contributed by atoms with van der Waals surface area (Å²) in [5, 5.41) is 0. The number of nitrogen functional groups attached to an aromatic ring is 1. The normalized spacial score (nSPS) is 8.42. The van der Waals surface area contributed by atoms with Crippen LogP contribution in [0.3, 0.4) is 0 Å². The SMILES string of the molecule is Nc1cc(C#CC=O)ccc1F. The van der Waals surface area contributed by atoms with Crippen LogP contribution in [0.25, 0.3) is 0 Å². The minimum Gasteiger partial charge on any atom is -0.396 e. The Labute approximate surface area is 69.2 Å². The summed E-state index contributed by atoms with van der Waals surface area (Å²) in [5.74, 6) is 4.22. The summed E-state index contributed by atoms with van der Waals surface area (Å²) in [6.45, 7) is 0. The van der Waals surface area contributed by atoms with E-state index in [-0.39, 0.29) is 5.69 Å². The van der Waals surface area contributed by atoms with Gasteiger partial charge in [0.1, 0.15) is 5.82 Å². The van der Waals surface area contributed by atoms with Gasteiger partial charge in [-0.25, -0.2) is 4.39 Å². The summed E-state index contributed by atoms with van der Waals surface area (Å²) >= 11 is 0. The first kappa shape index (κ1) is 8.28. The maximum absolute atomic E-state index is 12.6. The Balaban J connectivity index is 3.04. The molecule has 1 rings (SSSR count). The van der Waals surface area contributed by atoms with Gasteiger partial charge in [-0.05, 0) is 24.1 Å². The lowest BCUT2D eigenvalue weighted by Crippen LogP contribution is -1.90. The molecule has 0 atom stereocenters. The summed E-state index contributed by atoms with van der Waals surface area (Å²) in [5.41, 5.74) is 5.82. The van der Waals surface area contributed by atoms with Gasteiger partial charge in [-0.1, -0.05) is 5.92 Å². The molecule has 0 fully saturated rings. The number of anilines is 1. The molecule has 0 aliphatic heterocycles. The fourth-order valence-electron chi connectivity index (χ4n) is 0.734. The van der Waals surface area contributed by atoms with Crippen molar-refractivity contribution in [3.05, 3.63) is 29.6 Å². The average Bonchev–Trinajstić information content (AvgIpc) is 2.07. The molecule has 2 N–H and O–H groups in total. The van der Waals surface area contributed by atoms with Gasteiger partial charge >= 0.3 is 0 Å². The van der Waals surface area contributed by atoms with E-state index in [1.807, 2.05) is 0 Å². The fraction of sp³-hybridized carbons (Fsp3) is 0. The molecule has 2 nitrogen and oxygen atoms in total. The highest BCUT2D eigenvalue weighted by Gasteiger charge is 1.96. The van der Waals surface area contributed by atoms with Gasteiger partial charge in [0.2, 0.25) is 0 Å². The molecule has 0 aliphatic carbocycles. The minimum atomic E-state index is -0.480. The van der Waals surface area contributed by atoms with E-state index in [1.54, 1.807) is 0 Å². The summed E-state index contributed by atoms with van der Waals surface area (Å²) < 4.78 is 12.6. The van der Waals surface area contributed by atoms with Crippen molar-refractivity contribution in [2.75, 3.05) is 5.73 Å². The molecule has 12 heavy (non-hydrogen) atoms. The standard InChI is InChI=1S/C9H6FNO/c10-8-4-3-7(2-1-5-12)6-9(8)11/h3-6H,11H2. The molecule has 3 heteroatoms. The Hall–Kier alpha value is -1.82. The van der Waals surface area contributed by atoms with Crippen LogP contribution in [0.1, 0.15) is 5.56 Å². The summed E-state index contributed by atoms with van der Waals surface area (Å²) in [6, 6.07) is 4.05. The monoisotopic (exact) mass is 163 g/mol. The zero-order chi connectivity index (χ0) is 8.97. The molecule has 1 aromatic rings. The summed E-state index contributed by atoms with van der Waals surface area (Å²) in [4.78, 5) is 9.85. The third kappa shape index (κ3) is 1.83. The van der Waals surface area contributed by atoms with Crippen molar-refractivity contribution in [1.29, 1.82) is 0 Å². The smallest absolute Gasteiger partial charge is 0.193 e. The largest absolute Gasteiger partial charge is 0.396 e. The van der Waals surface area contributed by atoms with Crippen LogP contribution in [0.15, 0.2) is 18.2 Å². The quantitative estimate of drug-likeness (QED) is 0.351. The minimum absolute atomic E-state index is 0.0349. The third-order valence-corrected chi connectivity index (χ3v) is 1.27. The Morgan fingerprint density at radius 1 is 1.50 bits per heavy atom. The second-order valence-electron chi connectivity index (χ2n) is 2.12. The van der Waals surface area contributed by atoms with Crippen molar-refractivity contribution in [3.63, 3.8) is 0 Å². The van der Waals surface area contributed by atoms with Gasteiger partial charge in [-0.15, -0.1) is 0 Å². The fourth-order valence-corrected chi connectivity index (χ4v) is 0.734. The maximum atomic E-state index is 12.6. The Kier molecular flexibility index (Phi) is 2.44. The number of rotatable bonds is 0. The summed E-state index contributed by atoms with van der Waals surface area (Å²) in [6.07, 6.45) is 0.472. The van der Waals surface area contributed by atoms with Crippen molar-refractivity contribution < 1.29 is 9.18 Å². The topological polar surface area (TPSA) is 43.1 Å². The van der Waals surface area contributed by atoms with E-state index in [0.29, 0.717) is 11.8 Å². The van der Waals surface area contributed by atoms with Gasteiger partial charge in [0.05, 0.1) is 5.69 Å². The van der Waals surface area contributed by atoms with Gasteiger partial charge in [0, 0.05) is 5.56 Å². The molecule has 0 aliphatic rings. The van der Waals surface area contributed by atoms with Crippen molar-refractivity contribution >= 4 is 12.0 Å². The molecule has 0 saturated carbocycles. The highest BCUT2D eigenvalue weighted by molar-refractivity contribution is 5.74. The van der Waals surface area contributed by atoms with Gasteiger partial charge in [-0.3, -0.25) is 4.79 Å². The Morgan fingerprint density at radius 3 is 2.83 bits per heavy atom. The van der Waals surface area contributed by atoms with Crippen molar-refractivity contribution in [3.8, 4) is 11.8 Å². The zero-order valence-corrected chi connectivity index (χ0v) is 6.17. The highest BCUT2D eigenvalue weighted by Crippen LogP contribution is 2.10. The van der Waals surface area contributed by atoms with Crippen molar-refractivity contribution in [1.82, 2.24) is 0 Å². The second-order valence-corrected chi connectivity index (χ2v) is 2.12. The molecule has 0 radical (unpaired) electrons. The van der Waals surface area contributed by atoms with E-state index in [2.05, 4.69) is 11.8 Å². The predicted octanol–water partition coefficient (Wildman–Crippen LogP) is 0.958. The van der Waals surface area contributed by atoms with E-state index in [4.69, 9.17) is 5.73 Å². The van der Waals surface area contributed by atoms with Gasteiger partial charge in [0.25, 0.3) is 0 Å². The van der Waals surface area contributed by atoms with E-state index in [0.717, 1.165) is 0 Å². The van der Waals surface area contributed by atoms with Crippen LogP contribution >= 0.6 is 0 Å². The predicted molar refractivity (Wildman–Crippen MR) is 43.8 cm³/mol. The molecule has 60 valence electrons. The van der Waals surface area contributed by atoms with Crippen molar-refractivity contribution in [2.24, 2.45) is 0 Å². The van der Waals surface area contributed by atoms with Crippen LogP contribution < -0.4 is 5.73 Å². The Morgan fingerprint density at radius 2 is 2.25 bits per heavy atom. The second kappa shape index (κ2) is 3.54. The number of hydrogen-bond donors (Lipinski definition) is 1. The first-order valence-electron chi connectivity index (χ1n) is 3.24. The number of hydrogen-bond acceptors (Lipinski definition) is 2. The average molecular weight is 163 g/mol. The van der Waals surface area contributed by atoms with Crippen LogP contribution in [-0.4, -0.2) is 6.29 Å². The molecule has 0 aromatic heterocycles. The molecule has 0 heterocycles. The number of carbonyl (C=O) groups is 1. The van der Waals surface area contributed by atoms with Crippen LogP contribution in [0, 0.1) is 17.7 Å². The number of nitrogens with two attached hydrogens (primary N) is 1. The van der Waals surface area contributed by atoms with E-state index in [1.165, 1.54) is 18.2 Å². The van der Waals surface area contributed by atoms with Gasteiger partial charge in [-0.2, -0.15) is 0 Å². The first-order valence-corrected chi connectivity index (χ1v) is 3.24. The van der Waals surface area contributed by atoms with Crippen LogP contribution in [-0.2, 0) is 4.79 Å². The first-order chi connectivity index (χ1) is 5.74. The van der Waals surface area contributed by atoms with Gasteiger partial charge in [0.15, 0.2) is 6.29 Å². The number of halogens is 1. The van der Waals surface area contributed by atoms with Crippen molar-refractivity contribution in [2.45, 2.75) is 0 Å². The molecular weight excluding hydrogens is 157 g/mol. The lowest BCUT2D eigenvalue weighted by molar-refractivity contribution is -0.103. The number of carbonyl (C=O) groups excluding carboxylic acids is 1. The molecule has 0 unspecified atom stereocenters. The molecule has 0 saturated heterocycles. The number of aldehydes is 1. The molecular formula is C9H6FNO. The van der Waals surface area contributed by atoms with Gasteiger partial charge < -0.3 is 5.73 Å². The molecule has 0 amide bonds. The molecule has 0 bridgehead atoms. The lowest BCUT2D eigenvalue weighted by Gasteiger charge is -1.94. The molecule has 1 aromatic carbocycles. The zero-order valence-electron chi connectivity index (χ0n) is 6.17. The summed E-state index contributed by atoms with van der Waals surface area (Å²) in [7, 11) is 0. The third-order valence-electron chi connectivity index (χ3n) is 1.27. The van der Waals surface area contributed by atoms with Crippen LogP contribution in [0.4, 0.5) is 10.1 Å².